The number of pyridine rings is 1. The highest BCUT2D eigenvalue weighted by molar-refractivity contribution is 9.10. The van der Waals surface area contributed by atoms with E-state index < -0.39 is 0 Å². The van der Waals surface area contributed by atoms with Crippen LogP contribution < -0.4 is 10.6 Å². The molecule has 5 nitrogen and oxygen atoms in total. The molecule has 0 spiro atoms. The van der Waals surface area contributed by atoms with E-state index in [0.717, 1.165) is 26.8 Å². The molecule has 0 aliphatic rings. The molecule has 0 bridgehead atoms. The predicted octanol–water partition coefficient (Wildman–Crippen LogP) is 4.31. The second-order valence-electron chi connectivity index (χ2n) is 5.51. The van der Waals surface area contributed by atoms with Gasteiger partial charge in [0.25, 0.3) is 0 Å². The van der Waals surface area contributed by atoms with Crippen molar-refractivity contribution < 1.29 is 9.59 Å². The maximum Gasteiger partial charge on any atom is 0.234 e. The van der Waals surface area contributed by atoms with Crippen LogP contribution in [0.1, 0.15) is 0 Å². The number of nitrogens with one attached hydrogen (secondary N) is 2. The Morgan fingerprint density at radius 1 is 0.923 bits per heavy atom. The lowest BCUT2D eigenvalue weighted by atomic mass is 10.2. The van der Waals surface area contributed by atoms with Crippen LogP contribution in [0.4, 0.5) is 11.4 Å². The first kappa shape index (κ1) is 18.4. The molecule has 3 aromatic rings. The van der Waals surface area contributed by atoms with Crippen molar-refractivity contribution in [3.05, 3.63) is 65.3 Å². The number of aromatic nitrogens is 1. The van der Waals surface area contributed by atoms with Gasteiger partial charge in [-0.05, 0) is 42.5 Å². The van der Waals surface area contributed by atoms with Gasteiger partial charge in [0.2, 0.25) is 11.8 Å². The Labute approximate surface area is 163 Å². The molecule has 1 aromatic heterocycles. The number of hydrogen-bond donors (Lipinski definition) is 2. The SMILES string of the molecule is O=C(CSCC(=O)Nc1ccc2ncccc2c1)Nc1cccc(Br)c1. The van der Waals surface area contributed by atoms with E-state index in [0.29, 0.717) is 0 Å². The number of halogens is 1. The molecule has 2 N–H and O–H groups in total. The molecule has 0 saturated heterocycles. The van der Waals surface area contributed by atoms with Crippen molar-refractivity contribution in [3.8, 4) is 0 Å². The van der Waals surface area contributed by atoms with Crippen molar-refractivity contribution in [1.29, 1.82) is 0 Å². The van der Waals surface area contributed by atoms with Gasteiger partial charge in [0.05, 0.1) is 17.0 Å². The number of carbonyl (C=O) groups is 2. The van der Waals surface area contributed by atoms with E-state index in [1.54, 1.807) is 6.20 Å². The number of carbonyl (C=O) groups excluding carboxylic acids is 2. The molecule has 0 aliphatic heterocycles. The lowest BCUT2D eigenvalue weighted by Crippen LogP contribution is -2.18. The zero-order chi connectivity index (χ0) is 18.4. The first-order valence-corrected chi connectivity index (χ1v) is 9.83. The number of amides is 2. The van der Waals surface area contributed by atoms with Crippen LogP contribution in [0.2, 0.25) is 0 Å². The summed E-state index contributed by atoms with van der Waals surface area (Å²) in [6.45, 7) is 0. The van der Waals surface area contributed by atoms with E-state index in [9.17, 15) is 9.59 Å². The number of benzene rings is 2. The van der Waals surface area contributed by atoms with E-state index in [-0.39, 0.29) is 23.3 Å². The highest BCUT2D eigenvalue weighted by Gasteiger charge is 2.07. The van der Waals surface area contributed by atoms with E-state index in [1.165, 1.54) is 11.8 Å². The number of rotatable bonds is 6. The molecule has 0 aliphatic carbocycles. The van der Waals surface area contributed by atoms with E-state index in [2.05, 4.69) is 31.5 Å². The van der Waals surface area contributed by atoms with Crippen LogP contribution in [0.25, 0.3) is 10.9 Å². The number of fused-ring (bicyclic) bond motifs is 1. The largest absolute Gasteiger partial charge is 0.325 e. The first-order chi connectivity index (χ1) is 12.6. The fraction of sp³-hybridized carbons (Fsp3) is 0.105. The second-order valence-corrected chi connectivity index (χ2v) is 7.41. The monoisotopic (exact) mass is 429 g/mol. The lowest BCUT2D eigenvalue weighted by Gasteiger charge is -2.07. The minimum atomic E-state index is -0.145. The van der Waals surface area contributed by atoms with Crippen molar-refractivity contribution in [2.24, 2.45) is 0 Å². The molecule has 0 fully saturated rings. The van der Waals surface area contributed by atoms with Crippen molar-refractivity contribution in [3.63, 3.8) is 0 Å². The highest BCUT2D eigenvalue weighted by Crippen LogP contribution is 2.18. The summed E-state index contributed by atoms with van der Waals surface area (Å²) >= 11 is 4.62. The van der Waals surface area contributed by atoms with Gasteiger partial charge in [-0.25, -0.2) is 0 Å². The molecule has 2 aromatic carbocycles. The number of anilines is 2. The van der Waals surface area contributed by atoms with E-state index in [1.807, 2.05) is 54.6 Å². The Bertz CT molecular complexity index is 949. The molecule has 0 atom stereocenters. The average Bonchev–Trinajstić information content (AvgIpc) is 2.61. The normalized spacial score (nSPS) is 10.5. The summed E-state index contributed by atoms with van der Waals surface area (Å²) in [7, 11) is 0. The van der Waals surface area contributed by atoms with Gasteiger partial charge in [0, 0.05) is 27.4 Å². The van der Waals surface area contributed by atoms with Gasteiger partial charge in [-0.15, -0.1) is 11.8 Å². The Morgan fingerprint density at radius 3 is 2.38 bits per heavy atom. The first-order valence-electron chi connectivity index (χ1n) is 7.88. The number of thioether (sulfide) groups is 1. The molecular formula is C19H16BrN3O2S. The minimum Gasteiger partial charge on any atom is -0.325 e. The number of nitrogens with zero attached hydrogens (tertiary/aromatic N) is 1. The summed E-state index contributed by atoms with van der Waals surface area (Å²) in [5.41, 5.74) is 2.32. The number of hydrogen-bond acceptors (Lipinski definition) is 4. The summed E-state index contributed by atoms with van der Waals surface area (Å²) < 4.78 is 0.896. The zero-order valence-electron chi connectivity index (χ0n) is 13.7. The molecule has 26 heavy (non-hydrogen) atoms. The Balaban J connectivity index is 1.45. The Morgan fingerprint density at radius 2 is 1.65 bits per heavy atom. The van der Waals surface area contributed by atoms with Crippen LogP contribution in [0, 0.1) is 0 Å². The van der Waals surface area contributed by atoms with Gasteiger partial charge in [-0.3, -0.25) is 14.6 Å². The summed E-state index contributed by atoms with van der Waals surface area (Å²) in [6.07, 6.45) is 1.73. The molecule has 0 unspecified atom stereocenters. The van der Waals surface area contributed by atoms with Crippen molar-refractivity contribution in [1.82, 2.24) is 4.98 Å². The summed E-state index contributed by atoms with van der Waals surface area (Å²) in [5, 5.41) is 6.60. The van der Waals surface area contributed by atoms with Gasteiger partial charge in [0.1, 0.15) is 0 Å². The third-order valence-electron chi connectivity index (χ3n) is 3.46. The summed E-state index contributed by atoms with van der Waals surface area (Å²) in [5.74, 6) is 0.129. The van der Waals surface area contributed by atoms with Gasteiger partial charge in [-0.2, -0.15) is 0 Å². The lowest BCUT2D eigenvalue weighted by molar-refractivity contribution is -0.114. The topological polar surface area (TPSA) is 71.1 Å². The zero-order valence-corrected chi connectivity index (χ0v) is 16.1. The smallest absolute Gasteiger partial charge is 0.234 e. The molecule has 7 heteroatoms. The van der Waals surface area contributed by atoms with Crippen LogP contribution in [0.3, 0.4) is 0 Å². The molecule has 0 saturated carbocycles. The van der Waals surface area contributed by atoms with Crippen molar-refractivity contribution >= 4 is 61.8 Å². The van der Waals surface area contributed by atoms with Crippen LogP contribution in [0.15, 0.2) is 65.3 Å². The predicted molar refractivity (Wildman–Crippen MR) is 110 cm³/mol. The van der Waals surface area contributed by atoms with Crippen LogP contribution >= 0.6 is 27.7 Å². The van der Waals surface area contributed by atoms with Gasteiger partial charge < -0.3 is 10.6 Å². The van der Waals surface area contributed by atoms with Gasteiger partial charge >= 0.3 is 0 Å². The van der Waals surface area contributed by atoms with Gasteiger partial charge in [0.15, 0.2) is 0 Å². The molecule has 3 rings (SSSR count). The quantitative estimate of drug-likeness (QED) is 0.612. The maximum absolute atomic E-state index is 12.0. The fourth-order valence-electron chi connectivity index (χ4n) is 2.35. The summed E-state index contributed by atoms with van der Waals surface area (Å²) in [6, 6.07) is 16.7. The van der Waals surface area contributed by atoms with Crippen LogP contribution in [-0.4, -0.2) is 28.3 Å². The third kappa shape index (κ3) is 5.31. The standard InChI is InChI=1S/C19H16BrN3O2S/c20-14-4-1-5-15(10-14)22-18(24)11-26-12-19(25)23-16-6-7-17-13(9-16)3-2-8-21-17/h1-10H,11-12H2,(H,22,24)(H,23,25). The van der Waals surface area contributed by atoms with Crippen LogP contribution in [-0.2, 0) is 9.59 Å². The molecular weight excluding hydrogens is 414 g/mol. The minimum absolute atomic E-state index is 0.141. The third-order valence-corrected chi connectivity index (χ3v) is 4.89. The highest BCUT2D eigenvalue weighted by atomic mass is 79.9. The van der Waals surface area contributed by atoms with Gasteiger partial charge in [-0.1, -0.05) is 28.1 Å². The summed E-state index contributed by atoms with van der Waals surface area (Å²) in [4.78, 5) is 28.2. The average molecular weight is 430 g/mol. The molecule has 132 valence electrons. The Hall–Kier alpha value is -2.38. The second kappa shape index (κ2) is 8.82. The van der Waals surface area contributed by atoms with Crippen molar-refractivity contribution in [2.45, 2.75) is 0 Å². The van der Waals surface area contributed by atoms with Crippen LogP contribution in [0.5, 0.6) is 0 Å². The maximum atomic E-state index is 12.0. The molecule has 0 radical (unpaired) electrons. The Kier molecular flexibility index (Phi) is 6.25. The molecule has 2 amide bonds. The van der Waals surface area contributed by atoms with E-state index >= 15 is 0 Å². The fourth-order valence-corrected chi connectivity index (χ4v) is 3.37. The molecule has 1 heterocycles. The van der Waals surface area contributed by atoms with Crippen molar-refractivity contribution in [2.75, 3.05) is 22.1 Å². The van der Waals surface area contributed by atoms with E-state index in [4.69, 9.17) is 0 Å².